The number of carbonyl (C=O) groups is 1. The number of benzene rings is 1. The number of carbonyl (C=O) groups excluding carboxylic acids is 1. The first-order valence-electron chi connectivity index (χ1n) is 9.96. The summed E-state index contributed by atoms with van der Waals surface area (Å²) in [5, 5.41) is 0. The molecule has 0 atom stereocenters. The van der Waals surface area contributed by atoms with Crippen LogP contribution < -0.4 is 0 Å². The minimum Gasteiger partial charge on any atom is -0.337 e. The second-order valence-corrected chi connectivity index (χ2v) is 7.73. The number of piperazine rings is 1. The van der Waals surface area contributed by atoms with Gasteiger partial charge in [0, 0.05) is 51.7 Å². The van der Waals surface area contributed by atoms with Crippen molar-refractivity contribution in [2.24, 2.45) is 5.92 Å². The van der Waals surface area contributed by atoms with E-state index in [1.54, 1.807) is 0 Å². The molecule has 0 aromatic heterocycles. The average molecular weight is 344 g/mol. The van der Waals surface area contributed by atoms with Crippen LogP contribution in [0.2, 0.25) is 0 Å². The minimum absolute atomic E-state index is 0.255. The Balaban J connectivity index is 1.60. The fourth-order valence-corrected chi connectivity index (χ4v) is 4.01. The third kappa shape index (κ3) is 5.55. The zero-order valence-corrected chi connectivity index (χ0v) is 15.7. The molecule has 0 spiro atoms. The van der Waals surface area contributed by atoms with Crippen LogP contribution in [0.5, 0.6) is 0 Å². The highest BCUT2D eigenvalue weighted by Gasteiger charge is 2.26. The van der Waals surface area contributed by atoms with Crippen molar-refractivity contribution in [2.75, 3.05) is 46.3 Å². The van der Waals surface area contributed by atoms with Crippen LogP contribution in [0.1, 0.15) is 37.7 Å². The summed E-state index contributed by atoms with van der Waals surface area (Å²) < 4.78 is 0. The number of amides is 1. The molecule has 0 radical (unpaired) electrons. The quantitative estimate of drug-likeness (QED) is 0.795. The van der Waals surface area contributed by atoms with Gasteiger partial charge in [0.25, 0.3) is 0 Å². The molecule has 1 saturated heterocycles. The summed E-state index contributed by atoms with van der Waals surface area (Å²) in [6, 6.07) is 10.5. The number of rotatable bonds is 6. The molecule has 1 saturated carbocycles. The van der Waals surface area contributed by atoms with Crippen LogP contribution in [0.25, 0.3) is 0 Å². The highest BCUT2D eigenvalue weighted by molar-refractivity contribution is 5.79. The topological polar surface area (TPSA) is 26.8 Å². The molecule has 0 N–H and O–H groups in total. The van der Waals surface area contributed by atoms with Gasteiger partial charge in [-0.05, 0) is 25.5 Å². The molecule has 0 unspecified atom stereocenters. The van der Waals surface area contributed by atoms with E-state index < -0.39 is 0 Å². The van der Waals surface area contributed by atoms with Crippen LogP contribution in [0.15, 0.2) is 30.3 Å². The van der Waals surface area contributed by atoms with Crippen LogP contribution in [0.4, 0.5) is 0 Å². The third-order valence-electron chi connectivity index (χ3n) is 5.76. The second-order valence-electron chi connectivity index (χ2n) is 7.73. The SMILES string of the molecule is CN1CCN(CCN(Cc2ccccc2)C(=O)C2CCCCC2)CC1. The van der Waals surface area contributed by atoms with Crippen LogP contribution in [0, 0.1) is 5.92 Å². The Morgan fingerprint density at radius 3 is 2.40 bits per heavy atom. The zero-order chi connectivity index (χ0) is 17.5. The lowest BCUT2D eigenvalue weighted by Crippen LogP contribution is -2.48. The lowest BCUT2D eigenvalue weighted by molar-refractivity contribution is -0.137. The van der Waals surface area contributed by atoms with Crippen molar-refractivity contribution in [1.29, 1.82) is 0 Å². The Kier molecular flexibility index (Phi) is 6.88. The van der Waals surface area contributed by atoms with E-state index in [0.29, 0.717) is 5.91 Å². The molecule has 4 heteroatoms. The summed E-state index contributed by atoms with van der Waals surface area (Å²) in [7, 11) is 2.19. The van der Waals surface area contributed by atoms with Crippen LogP contribution in [-0.2, 0) is 11.3 Å². The van der Waals surface area contributed by atoms with Crippen molar-refractivity contribution in [3.63, 3.8) is 0 Å². The second kappa shape index (κ2) is 9.35. The van der Waals surface area contributed by atoms with E-state index in [1.165, 1.54) is 24.8 Å². The third-order valence-corrected chi connectivity index (χ3v) is 5.76. The maximum Gasteiger partial charge on any atom is 0.226 e. The predicted octanol–water partition coefficient (Wildman–Crippen LogP) is 2.84. The maximum absolute atomic E-state index is 13.1. The van der Waals surface area contributed by atoms with Crippen molar-refractivity contribution in [3.8, 4) is 0 Å². The number of nitrogens with zero attached hydrogens (tertiary/aromatic N) is 3. The number of likely N-dealkylation sites (N-methyl/N-ethyl adjacent to an activating group) is 1. The van der Waals surface area contributed by atoms with Gasteiger partial charge in [-0.25, -0.2) is 0 Å². The molecular formula is C21H33N3O. The van der Waals surface area contributed by atoms with Gasteiger partial charge in [0.2, 0.25) is 5.91 Å². The predicted molar refractivity (Wildman–Crippen MR) is 102 cm³/mol. The molecule has 0 bridgehead atoms. The molecule has 25 heavy (non-hydrogen) atoms. The monoisotopic (exact) mass is 343 g/mol. The Hall–Kier alpha value is -1.39. The van der Waals surface area contributed by atoms with Gasteiger partial charge in [-0.15, -0.1) is 0 Å². The molecule has 2 aliphatic rings. The van der Waals surface area contributed by atoms with Crippen molar-refractivity contribution >= 4 is 5.91 Å². The molecule has 1 amide bonds. The molecular weight excluding hydrogens is 310 g/mol. The molecule has 1 aromatic carbocycles. The standard InChI is InChI=1S/C21H33N3O/c1-22-12-14-23(15-13-22)16-17-24(18-19-8-4-2-5-9-19)21(25)20-10-6-3-7-11-20/h2,4-5,8-9,20H,3,6-7,10-18H2,1H3. The Labute approximate surface area is 152 Å². The molecule has 2 fully saturated rings. The first-order valence-corrected chi connectivity index (χ1v) is 9.96. The Morgan fingerprint density at radius 1 is 1.04 bits per heavy atom. The van der Waals surface area contributed by atoms with Gasteiger partial charge in [0.05, 0.1) is 0 Å². The highest BCUT2D eigenvalue weighted by Crippen LogP contribution is 2.26. The minimum atomic E-state index is 0.255. The maximum atomic E-state index is 13.1. The Bertz CT molecular complexity index is 519. The van der Waals surface area contributed by atoms with E-state index in [0.717, 1.165) is 58.7 Å². The summed E-state index contributed by atoms with van der Waals surface area (Å²) in [5.74, 6) is 0.641. The van der Waals surface area contributed by atoms with E-state index >= 15 is 0 Å². The van der Waals surface area contributed by atoms with Gasteiger partial charge < -0.3 is 9.80 Å². The zero-order valence-electron chi connectivity index (χ0n) is 15.7. The fourth-order valence-electron chi connectivity index (χ4n) is 4.01. The summed E-state index contributed by atoms with van der Waals surface area (Å²) >= 11 is 0. The molecule has 1 aromatic rings. The van der Waals surface area contributed by atoms with E-state index in [1.807, 2.05) is 6.07 Å². The van der Waals surface area contributed by atoms with Crippen LogP contribution in [-0.4, -0.2) is 66.9 Å². The lowest BCUT2D eigenvalue weighted by atomic mass is 9.88. The van der Waals surface area contributed by atoms with Crippen LogP contribution in [0.3, 0.4) is 0 Å². The van der Waals surface area contributed by atoms with Crippen molar-refractivity contribution < 1.29 is 4.79 Å². The van der Waals surface area contributed by atoms with E-state index in [9.17, 15) is 4.79 Å². The van der Waals surface area contributed by atoms with E-state index in [2.05, 4.69) is 46.0 Å². The molecule has 1 aliphatic heterocycles. The van der Waals surface area contributed by atoms with Gasteiger partial charge in [-0.2, -0.15) is 0 Å². The molecule has 4 nitrogen and oxygen atoms in total. The molecule has 1 heterocycles. The van der Waals surface area contributed by atoms with Gasteiger partial charge >= 0.3 is 0 Å². The van der Waals surface area contributed by atoms with E-state index in [4.69, 9.17) is 0 Å². The number of hydrogen-bond acceptors (Lipinski definition) is 3. The van der Waals surface area contributed by atoms with Crippen molar-refractivity contribution in [3.05, 3.63) is 35.9 Å². The van der Waals surface area contributed by atoms with Gasteiger partial charge in [-0.1, -0.05) is 49.6 Å². The van der Waals surface area contributed by atoms with Gasteiger partial charge in [-0.3, -0.25) is 9.69 Å². The summed E-state index contributed by atoms with van der Waals surface area (Å²) in [6.45, 7) is 7.11. The average Bonchev–Trinajstić information content (AvgIpc) is 2.67. The highest BCUT2D eigenvalue weighted by atomic mass is 16.2. The summed E-state index contributed by atoms with van der Waals surface area (Å²) in [6.07, 6.45) is 5.89. The van der Waals surface area contributed by atoms with Crippen molar-refractivity contribution in [2.45, 2.75) is 38.6 Å². The largest absolute Gasteiger partial charge is 0.337 e. The van der Waals surface area contributed by atoms with E-state index in [-0.39, 0.29) is 5.92 Å². The smallest absolute Gasteiger partial charge is 0.226 e. The fraction of sp³-hybridized carbons (Fsp3) is 0.667. The molecule has 1 aliphatic carbocycles. The lowest BCUT2D eigenvalue weighted by Gasteiger charge is -2.35. The molecule has 3 rings (SSSR count). The summed E-state index contributed by atoms with van der Waals surface area (Å²) in [4.78, 5) is 20.1. The first kappa shape index (κ1) is 18.4. The summed E-state index contributed by atoms with van der Waals surface area (Å²) in [5.41, 5.74) is 1.24. The molecule has 138 valence electrons. The van der Waals surface area contributed by atoms with Crippen LogP contribution >= 0.6 is 0 Å². The van der Waals surface area contributed by atoms with Crippen molar-refractivity contribution in [1.82, 2.24) is 14.7 Å². The van der Waals surface area contributed by atoms with Gasteiger partial charge in [0.15, 0.2) is 0 Å². The van der Waals surface area contributed by atoms with Gasteiger partial charge in [0.1, 0.15) is 0 Å². The number of hydrogen-bond donors (Lipinski definition) is 0. The first-order chi connectivity index (χ1) is 12.2. The normalized spacial score (nSPS) is 20.5. The Morgan fingerprint density at radius 2 is 1.72 bits per heavy atom.